The molecule has 0 spiro atoms. The van der Waals surface area contributed by atoms with Crippen molar-refractivity contribution in [3.63, 3.8) is 0 Å². The Morgan fingerprint density at radius 2 is 1.65 bits per heavy atom. The molecule has 0 rings (SSSR count). The number of ether oxygens (including phenoxy) is 1. The van der Waals surface area contributed by atoms with E-state index in [0.717, 1.165) is 51.4 Å². The van der Waals surface area contributed by atoms with Gasteiger partial charge in [0.2, 0.25) is 0 Å². The Morgan fingerprint density at radius 1 is 0.923 bits per heavy atom. The van der Waals surface area contributed by atoms with Crippen molar-refractivity contribution in [1.82, 2.24) is 0 Å². The minimum absolute atomic E-state index is 0.113. The van der Waals surface area contributed by atoms with Gasteiger partial charge in [-0.25, -0.2) is 0 Å². The predicted octanol–water partition coefficient (Wildman–Crippen LogP) is 6.06. The third-order valence-electron chi connectivity index (χ3n) is 4.04. The van der Waals surface area contributed by atoms with Crippen molar-refractivity contribution in [1.29, 1.82) is 0 Å². The minimum Gasteiger partial charge on any atom is -0.469 e. The summed E-state index contributed by atoms with van der Waals surface area (Å²) in [5.41, 5.74) is 0. The molecule has 1 N–H and O–H groups in total. The van der Waals surface area contributed by atoms with Gasteiger partial charge in [0.1, 0.15) is 0 Å². The number of carbonyl (C=O) groups is 1. The smallest absolute Gasteiger partial charge is 0.305 e. The molecule has 0 saturated carbocycles. The number of esters is 1. The highest BCUT2D eigenvalue weighted by Crippen LogP contribution is 2.05. The van der Waals surface area contributed by atoms with E-state index in [2.05, 4.69) is 42.0 Å². The first-order valence-corrected chi connectivity index (χ1v) is 10.1. The van der Waals surface area contributed by atoms with Gasteiger partial charge in [-0.3, -0.25) is 4.79 Å². The molecular weight excluding hydrogens is 324 g/mol. The number of hydrogen-bond acceptors (Lipinski definition) is 3. The van der Waals surface area contributed by atoms with E-state index >= 15 is 0 Å². The molecule has 0 aliphatic heterocycles. The molecule has 0 fully saturated rings. The van der Waals surface area contributed by atoms with Gasteiger partial charge in [-0.2, -0.15) is 0 Å². The zero-order valence-electron chi connectivity index (χ0n) is 16.7. The minimum atomic E-state index is -0.313. The molecule has 0 aromatic rings. The number of allylic oxidation sites excluding steroid dienone is 7. The van der Waals surface area contributed by atoms with Crippen LogP contribution in [0, 0.1) is 0 Å². The van der Waals surface area contributed by atoms with Crippen molar-refractivity contribution < 1.29 is 14.6 Å². The molecule has 1 atom stereocenters. The highest BCUT2D eigenvalue weighted by molar-refractivity contribution is 5.68. The molecule has 3 nitrogen and oxygen atoms in total. The number of hydrogen-bond donors (Lipinski definition) is 1. The van der Waals surface area contributed by atoms with E-state index < -0.39 is 0 Å². The molecule has 0 radical (unpaired) electrons. The second-order valence-electron chi connectivity index (χ2n) is 6.47. The average Bonchev–Trinajstić information content (AvgIpc) is 2.64. The summed E-state index contributed by atoms with van der Waals surface area (Å²) in [6.07, 6.45) is 27.2. The van der Waals surface area contributed by atoms with Gasteiger partial charge in [0.25, 0.3) is 0 Å². The van der Waals surface area contributed by atoms with E-state index in [9.17, 15) is 9.90 Å². The van der Waals surface area contributed by atoms with E-state index in [-0.39, 0.29) is 12.1 Å². The summed E-state index contributed by atoms with van der Waals surface area (Å²) in [5.74, 6) is -0.113. The zero-order valence-corrected chi connectivity index (χ0v) is 16.7. The molecule has 0 unspecified atom stereocenters. The topological polar surface area (TPSA) is 46.5 Å². The maximum atomic E-state index is 10.9. The Kier molecular flexibility index (Phi) is 18.5. The van der Waals surface area contributed by atoms with Crippen LogP contribution in [0.15, 0.2) is 48.6 Å². The van der Waals surface area contributed by atoms with Gasteiger partial charge in [-0.05, 0) is 38.5 Å². The summed E-state index contributed by atoms with van der Waals surface area (Å²) in [5, 5.41) is 9.74. The first-order chi connectivity index (χ1) is 12.7. The molecule has 3 heteroatoms. The zero-order chi connectivity index (χ0) is 19.3. The SMILES string of the molecule is CCCCC[C@H](O)/C=C/C=C\C/C=C\C/C=C\CCCCCC(=O)OC. The summed E-state index contributed by atoms with van der Waals surface area (Å²) >= 11 is 0. The van der Waals surface area contributed by atoms with Crippen LogP contribution in [-0.2, 0) is 9.53 Å². The van der Waals surface area contributed by atoms with E-state index in [1.807, 2.05) is 18.2 Å². The number of carbonyl (C=O) groups excluding carboxylic acids is 1. The van der Waals surface area contributed by atoms with Gasteiger partial charge in [-0.1, -0.05) is 81.2 Å². The number of aliphatic hydroxyl groups excluding tert-OH is 1. The first-order valence-electron chi connectivity index (χ1n) is 10.1. The van der Waals surface area contributed by atoms with E-state index in [0.29, 0.717) is 6.42 Å². The van der Waals surface area contributed by atoms with Crippen LogP contribution in [0.25, 0.3) is 0 Å². The van der Waals surface area contributed by atoms with Crippen molar-refractivity contribution in [3.8, 4) is 0 Å². The molecule has 0 heterocycles. The quantitative estimate of drug-likeness (QED) is 0.157. The lowest BCUT2D eigenvalue weighted by Gasteiger charge is -2.02. The summed E-state index contributed by atoms with van der Waals surface area (Å²) in [6.45, 7) is 2.17. The van der Waals surface area contributed by atoms with Crippen LogP contribution in [0.3, 0.4) is 0 Å². The van der Waals surface area contributed by atoms with Gasteiger partial charge >= 0.3 is 5.97 Å². The van der Waals surface area contributed by atoms with Crippen LogP contribution in [0.4, 0.5) is 0 Å². The maximum absolute atomic E-state index is 10.9. The molecule has 0 aromatic carbocycles. The van der Waals surface area contributed by atoms with Crippen LogP contribution in [0.2, 0.25) is 0 Å². The third kappa shape index (κ3) is 18.7. The molecule has 0 bridgehead atoms. The van der Waals surface area contributed by atoms with Crippen molar-refractivity contribution in [2.75, 3.05) is 7.11 Å². The second-order valence-corrected chi connectivity index (χ2v) is 6.47. The van der Waals surface area contributed by atoms with Crippen molar-refractivity contribution >= 4 is 5.97 Å². The first kappa shape index (κ1) is 24.4. The fraction of sp³-hybridized carbons (Fsp3) is 0.609. The van der Waals surface area contributed by atoms with Crippen molar-refractivity contribution in [2.45, 2.75) is 83.7 Å². The number of unbranched alkanes of at least 4 members (excludes halogenated alkanes) is 5. The highest BCUT2D eigenvalue weighted by atomic mass is 16.5. The molecule has 26 heavy (non-hydrogen) atoms. The molecule has 0 aromatic heterocycles. The normalized spacial score (nSPS) is 13.5. The standard InChI is InChI=1S/C23H38O3/c1-3-4-16-19-22(24)20-17-14-12-10-8-6-5-7-9-11-13-15-18-21-23(25)26-2/h6-9,12,14,17,20,22,24H,3-5,10-11,13,15-16,18-19,21H2,1-2H3/b8-6-,9-7-,14-12-,20-17+/t22-/m0/s1. The lowest BCUT2D eigenvalue weighted by Crippen LogP contribution is -2.00. The molecule has 0 amide bonds. The van der Waals surface area contributed by atoms with Crippen LogP contribution >= 0.6 is 0 Å². The van der Waals surface area contributed by atoms with E-state index in [1.54, 1.807) is 0 Å². The van der Waals surface area contributed by atoms with Crippen molar-refractivity contribution in [3.05, 3.63) is 48.6 Å². The van der Waals surface area contributed by atoms with Crippen LogP contribution in [-0.4, -0.2) is 24.3 Å². The molecule has 0 saturated heterocycles. The monoisotopic (exact) mass is 362 g/mol. The van der Waals surface area contributed by atoms with Gasteiger partial charge in [-0.15, -0.1) is 0 Å². The Labute approximate surface area is 160 Å². The maximum Gasteiger partial charge on any atom is 0.305 e. The Balaban J connectivity index is 3.53. The molecule has 148 valence electrons. The fourth-order valence-electron chi connectivity index (χ4n) is 2.42. The molecule has 0 aliphatic carbocycles. The predicted molar refractivity (Wildman–Crippen MR) is 111 cm³/mol. The summed E-state index contributed by atoms with van der Waals surface area (Å²) in [7, 11) is 1.44. The molecular formula is C23H38O3. The lowest BCUT2D eigenvalue weighted by atomic mass is 10.1. The summed E-state index contributed by atoms with van der Waals surface area (Å²) in [4.78, 5) is 10.9. The second kappa shape index (κ2) is 19.7. The van der Waals surface area contributed by atoms with Crippen LogP contribution in [0.5, 0.6) is 0 Å². The molecule has 0 aliphatic rings. The van der Waals surface area contributed by atoms with E-state index in [1.165, 1.54) is 20.0 Å². The summed E-state index contributed by atoms with van der Waals surface area (Å²) < 4.78 is 4.61. The average molecular weight is 363 g/mol. The number of rotatable bonds is 16. The largest absolute Gasteiger partial charge is 0.469 e. The Morgan fingerprint density at radius 3 is 2.38 bits per heavy atom. The summed E-state index contributed by atoms with van der Waals surface area (Å²) in [6, 6.07) is 0. The van der Waals surface area contributed by atoms with Gasteiger partial charge in [0.15, 0.2) is 0 Å². The van der Waals surface area contributed by atoms with Crippen molar-refractivity contribution in [2.24, 2.45) is 0 Å². The van der Waals surface area contributed by atoms with Gasteiger partial charge in [0, 0.05) is 6.42 Å². The lowest BCUT2D eigenvalue weighted by molar-refractivity contribution is -0.140. The number of methoxy groups -OCH3 is 1. The van der Waals surface area contributed by atoms with Gasteiger partial charge in [0.05, 0.1) is 13.2 Å². The van der Waals surface area contributed by atoms with Gasteiger partial charge < -0.3 is 9.84 Å². The third-order valence-corrected chi connectivity index (χ3v) is 4.04. The van der Waals surface area contributed by atoms with E-state index in [4.69, 9.17) is 0 Å². The Hall–Kier alpha value is -1.61. The Bertz CT molecular complexity index is 433. The highest BCUT2D eigenvalue weighted by Gasteiger charge is 1.98. The number of aliphatic hydroxyl groups is 1. The van der Waals surface area contributed by atoms with Crippen LogP contribution in [0.1, 0.15) is 77.6 Å². The fourth-order valence-corrected chi connectivity index (χ4v) is 2.42. The van der Waals surface area contributed by atoms with Crippen LogP contribution < -0.4 is 0 Å².